The average molecular weight is 510 g/mol. The van der Waals surface area contributed by atoms with Crippen LogP contribution in [0.3, 0.4) is 0 Å². The van der Waals surface area contributed by atoms with E-state index in [-0.39, 0.29) is 42.7 Å². The van der Waals surface area contributed by atoms with Crippen LogP contribution in [0.5, 0.6) is 11.5 Å². The minimum absolute atomic E-state index is 0.00170. The van der Waals surface area contributed by atoms with Crippen LogP contribution in [0, 0.1) is 5.92 Å². The summed E-state index contributed by atoms with van der Waals surface area (Å²) >= 11 is 0. The highest BCUT2D eigenvalue weighted by molar-refractivity contribution is 5.81. The van der Waals surface area contributed by atoms with E-state index in [0.717, 1.165) is 0 Å². The Kier molecular flexibility index (Phi) is 12.4. The van der Waals surface area contributed by atoms with E-state index in [0.29, 0.717) is 18.4 Å². The number of benzene rings is 1. The summed E-state index contributed by atoms with van der Waals surface area (Å²) in [4.78, 5) is 49.1. The van der Waals surface area contributed by atoms with Gasteiger partial charge in [0, 0.05) is 25.3 Å². The van der Waals surface area contributed by atoms with E-state index >= 15 is 0 Å². The smallest absolute Gasteiger partial charge is 0.477 e. The molecule has 0 heterocycles. The third-order valence-corrected chi connectivity index (χ3v) is 5.16. The second-order valence-electron chi connectivity index (χ2n) is 9.26. The fourth-order valence-electron chi connectivity index (χ4n) is 3.09. The number of hydrogen-bond donors (Lipinski definition) is 2. The quantitative estimate of drug-likeness (QED) is 0.208. The van der Waals surface area contributed by atoms with Gasteiger partial charge < -0.3 is 24.1 Å². The Morgan fingerprint density at radius 2 is 1.47 bits per heavy atom. The molecule has 1 aromatic rings. The largest absolute Gasteiger partial charge is 0.510 e. The molecule has 0 saturated carbocycles. The third kappa shape index (κ3) is 9.85. The fourth-order valence-corrected chi connectivity index (χ4v) is 3.09. The zero-order valence-corrected chi connectivity index (χ0v) is 22.2. The Labute approximate surface area is 212 Å². The third-order valence-electron chi connectivity index (χ3n) is 5.16. The molecule has 0 fully saturated rings. The number of carboxylic acids is 1. The summed E-state index contributed by atoms with van der Waals surface area (Å²) in [6.45, 7) is 12.4. The molecule has 202 valence electrons. The van der Waals surface area contributed by atoms with Crippen molar-refractivity contribution in [1.29, 1.82) is 0 Å². The molecule has 2 atom stereocenters. The highest BCUT2D eigenvalue weighted by Gasteiger charge is 2.44. The number of esters is 2. The Morgan fingerprint density at radius 1 is 0.917 bits per heavy atom. The number of carbonyl (C=O) groups excluding carboxylic acids is 3. The summed E-state index contributed by atoms with van der Waals surface area (Å²) in [6, 6.07) is 3.94. The predicted octanol–water partition coefficient (Wildman–Crippen LogP) is 4.62. The molecule has 0 radical (unpaired) electrons. The van der Waals surface area contributed by atoms with Gasteiger partial charge in [0.25, 0.3) is 5.72 Å². The van der Waals surface area contributed by atoms with E-state index in [2.05, 4.69) is 5.32 Å². The number of carboxylic acid groups (broad SMARTS) is 1. The minimum atomic E-state index is -2.17. The molecular weight excluding hydrogens is 470 g/mol. The van der Waals surface area contributed by atoms with Gasteiger partial charge in [0.2, 0.25) is 0 Å². The van der Waals surface area contributed by atoms with Crippen molar-refractivity contribution in [2.45, 2.75) is 98.4 Å². The normalized spacial score (nSPS) is 13.6. The first-order valence-electron chi connectivity index (χ1n) is 12.3. The zero-order valence-electron chi connectivity index (χ0n) is 22.2. The van der Waals surface area contributed by atoms with Crippen molar-refractivity contribution in [3.8, 4) is 11.5 Å². The standard InChI is InChI=1S/C26H39NO9/c1-8-10-22(28)34-20-13-12-19(14-21(20)35-23(29)11-9-2)15-26(24(30)31,27-17(5)6)36-25(32)33-18(7)16(3)4/h12-14,16-18,27H,8-11,15H2,1-7H3,(H,30,31)/t18?,26-/m0/s1. The molecule has 36 heavy (non-hydrogen) atoms. The minimum Gasteiger partial charge on any atom is -0.477 e. The number of ether oxygens (including phenoxy) is 4. The molecule has 2 N–H and O–H groups in total. The maximum atomic E-state index is 12.5. The van der Waals surface area contributed by atoms with Gasteiger partial charge in [-0.3, -0.25) is 14.9 Å². The molecule has 0 aliphatic carbocycles. The van der Waals surface area contributed by atoms with Gasteiger partial charge in [-0.05, 0) is 57.2 Å². The monoisotopic (exact) mass is 509 g/mol. The van der Waals surface area contributed by atoms with Gasteiger partial charge in [-0.15, -0.1) is 0 Å². The highest BCUT2D eigenvalue weighted by Crippen LogP contribution is 2.31. The molecule has 1 rings (SSSR count). The summed E-state index contributed by atoms with van der Waals surface area (Å²) in [5.74, 6) is -2.47. The topological polar surface area (TPSA) is 137 Å². The summed E-state index contributed by atoms with van der Waals surface area (Å²) in [7, 11) is 0. The zero-order chi connectivity index (χ0) is 27.5. The van der Waals surface area contributed by atoms with Crippen LogP contribution in [-0.2, 0) is 30.3 Å². The van der Waals surface area contributed by atoms with E-state index in [1.807, 2.05) is 27.7 Å². The maximum Gasteiger partial charge on any atom is 0.510 e. The molecule has 0 bridgehead atoms. The molecule has 10 nitrogen and oxygen atoms in total. The van der Waals surface area contributed by atoms with E-state index < -0.39 is 35.9 Å². The van der Waals surface area contributed by atoms with Crippen LogP contribution < -0.4 is 14.8 Å². The van der Waals surface area contributed by atoms with E-state index in [4.69, 9.17) is 18.9 Å². The van der Waals surface area contributed by atoms with Crippen molar-refractivity contribution in [3.63, 3.8) is 0 Å². The van der Waals surface area contributed by atoms with Crippen LogP contribution in [0.25, 0.3) is 0 Å². The fraction of sp³-hybridized carbons (Fsp3) is 0.615. The Bertz CT molecular complexity index is 913. The molecule has 0 aliphatic heterocycles. The molecule has 10 heteroatoms. The van der Waals surface area contributed by atoms with E-state index in [9.17, 15) is 24.3 Å². The van der Waals surface area contributed by atoms with Gasteiger partial charge in [0.1, 0.15) is 6.10 Å². The predicted molar refractivity (Wildman–Crippen MR) is 132 cm³/mol. The molecule has 0 spiro atoms. The highest BCUT2D eigenvalue weighted by atomic mass is 16.7. The van der Waals surface area contributed by atoms with Crippen LogP contribution >= 0.6 is 0 Å². The second-order valence-corrected chi connectivity index (χ2v) is 9.26. The van der Waals surface area contributed by atoms with Gasteiger partial charge in [0.15, 0.2) is 11.5 Å². The molecule has 0 amide bonds. The van der Waals surface area contributed by atoms with Gasteiger partial charge in [-0.1, -0.05) is 33.8 Å². The molecule has 0 saturated heterocycles. The first kappa shape index (κ1) is 30.9. The first-order chi connectivity index (χ1) is 16.8. The Morgan fingerprint density at radius 3 is 1.94 bits per heavy atom. The van der Waals surface area contributed by atoms with Crippen molar-refractivity contribution in [2.75, 3.05) is 0 Å². The van der Waals surface area contributed by atoms with E-state index in [1.165, 1.54) is 18.2 Å². The van der Waals surface area contributed by atoms with Crippen LogP contribution in [0.1, 0.15) is 79.7 Å². The van der Waals surface area contributed by atoms with Gasteiger partial charge >= 0.3 is 24.1 Å². The summed E-state index contributed by atoms with van der Waals surface area (Å²) < 4.78 is 21.3. The van der Waals surface area contributed by atoms with Crippen molar-refractivity contribution >= 4 is 24.1 Å². The van der Waals surface area contributed by atoms with Crippen LogP contribution in [0.4, 0.5) is 4.79 Å². The summed E-state index contributed by atoms with van der Waals surface area (Å²) in [5, 5.41) is 12.9. The molecule has 0 aliphatic rings. The maximum absolute atomic E-state index is 12.5. The lowest BCUT2D eigenvalue weighted by Crippen LogP contribution is -2.59. The number of rotatable bonds is 14. The van der Waals surface area contributed by atoms with E-state index in [1.54, 1.807) is 20.8 Å². The van der Waals surface area contributed by atoms with Gasteiger partial charge in [-0.2, -0.15) is 0 Å². The lowest BCUT2D eigenvalue weighted by molar-refractivity contribution is -0.168. The Hall–Kier alpha value is -3.14. The number of hydrogen-bond acceptors (Lipinski definition) is 9. The van der Waals surface area contributed by atoms with Crippen LogP contribution in [0.2, 0.25) is 0 Å². The SMILES string of the molecule is CCCC(=O)Oc1ccc(C[C@](NC(C)C)(OC(=O)OC(C)C(C)C)C(=O)O)cc1OC(=O)CCC. The van der Waals surface area contributed by atoms with Gasteiger partial charge in [0.05, 0.1) is 0 Å². The molecule has 1 aromatic carbocycles. The average Bonchev–Trinajstić information content (AvgIpc) is 2.75. The number of carbonyl (C=O) groups is 4. The van der Waals surface area contributed by atoms with Crippen molar-refractivity contribution < 1.29 is 43.2 Å². The molecule has 1 unspecified atom stereocenters. The second kappa shape index (κ2) is 14.4. The first-order valence-corrected chi connectivity index (χ1v) is 12.3. The Balaban J connectivity index is 3.38. The van der Waals surface area contributed by atoms with Crippen molar-refractivity contribution in [1.82, 2.24) is 5.32 Å². The number of nitrogens with one attached hydrogen (secondary N) is 1. The number of aliphatic carboxylic acids is 1. The molecule has 0 aromatic heterocycles. The van der Waals surface area contributed by atoms with Crippen LogP contribution in [-0.4, -0.2) is 47.0 Å². The van der Waals surface area contributed by atoms with Crippen molar-refractivity contribution in [2.24, 2.45) is 5.92 Å². The lowest BCUT2D eigenvalue weighted by atomic mass is 10.0. The van der Waals surface area contributed by atoms with Crippen molar-refractivity contribution in [3.05, 3.63) is 23.8 Å². The summed E-state index contributed by atoms with van der Waals surface area (Å²) in [5.41, 5.74) is -1.82. The van der Waals surface area contributed by atoms with Crippen LogP contribution in [0.15, 0.2) is 18.2 Å². The lowest BCUT2D eigenvalue weighted by Gasteiger charge is -2.32. The summed E-state index contributed by atoms with van der Waals surface area (Å²) in [6.07, 6.45) is -0.510. The molecular formula is C26H39NO9. The van der Waals surface area contributed by atoms with Gasteiger partial charge in [-0.25, -0.2) is 9.59 Å².